The van der Waals surface area contributed by atoms with Crippen LogP contribution >= 0.6 is 0 Å². The van der Waals surface area contributed by atoms with Crippen LogP contribution in [0, 0.1) is 16.7 Å². The Bertz CT molecular complexity index is 1570. The van der Waals surface area contributed by atoms with Gasteiger partial charge in [-0.05, 0) is 35.1 Å². The van der Waals surface area contributed by atoms with Crippen molar-refractivity contribution >= 4 is 32.5 Å². The highest BCUT2D eigenvalue weighted by Crippen LogP contribution is 2.50. The third kappa shape index (κ3) is 3.98. The van der Waals surface area contributed by atoms with Crippen LogP contribution in [0.3, 0.4) is 0 Å². The van der Waals surface area contributed by atoms with Gasteiger partial charge in [0.2, 0.25) is 15.0 Å². The highest BCUT2D eigenvalue weighted by molar-refractivity contribution is 7.90. The van der Waals surface area contributed by atoms with Gasteiger partial charge in [-0.2, -0.15) is 10.2 Å². The SMILES string of the molecule is CC(C)(C)[C@]12CC[C@@H](CN(c3nc(S(C)(=O)=O)nc(-c4ccc5ccccc5c4)c3C#N)C1)N2C(=O)O. The van der Waals surface area contributed by atoms with E-state index in [4.69, 9.17) is 0 Å². The number of sulfone groups is 1. The van der Waals surface area contributed by atoms with E-state index in [9.17, 15) is 23.6 Å². The second-order valence-electron chi connectivity index (χ2n) is 11.0. The number of benzene rings is 2. The number of carboxylic acid groups (broad SMARTS) is 1. The zero-order valence-corrected chi connectivity index (χ0v) is 22.1. The molecular formula is C27H29N5O4S. The van der Waals surface area contributed by atoms with Crippen molar-refractivity contribution in [1.82, 2.24) is 14.9 Å². The van der Waals surface area contributed by atoms with Gasteiger partial charge in [0.25, 0.3) is 0 Å². The molecule has 37 heavy (non-hydrogen) atoms. The minimum absolute atomic E-state index is 0.176. The number of carbonyl (C=O) groups is 1. The molecule has 2 saturated heterocycles. The van der Waals surface area contributed by atoms with Gasteiger partial charge in [-0.3, -0.25) is 4.90 Å². The van der Waals surface area contributed by atoms with Crippen LogP contribution in [0.25, 0.3) is 22.0 Å². The lowest BCUT2D eigenvalue weighted by Crippen LogP contribution is -2.68. The van der Waals surface area contributed by atoms with E-state index < -0.39 is 26.9 Å². The Labute approximate surface area is 216 Å². The summed E-state index contributed by atoms with van der Waals surface area (Å²) in [5, 5.41) is 22.0. The molecule has 5 rings (SSSR count). The van der Waals surface area contributed by atoms with Crippen molar-refractivity contribution in [3.05, 3.63) is 48.0 Å². The lowest BCUT2D eigenvalue weighted by atomic mass is 9.71. The van der Waals surface area contributed by atoms with Crippen LogP contribution in [0.15, 0.2) is 47.6 Å². The number of aromatic nitrogens is 2. The molecule has 9 nitrogen and oxygen atoms in total. The van der Waals surface area contributed by atoms with E-state index in [0.717, 1.165) is 17.0 Å². The zero-order valence-electron chi connectivity index (χ0n) is 21.3. The Morgan fingerprint density at radius 3 is 2.49 bits per heavy atom. The first-order valence-electron chi connectivity index (χ1n) is 12.1. The average molecular weight is 520 g/mol. The fourth-order valence-electron chi connectivity index (χ4n) is 5.91. The first kappa shape index (κ1) is 25.0. The molecule has 10 heteroatoms. The van der Waals surface area contributed by atoms with Gasteiger partial charge < -0.3 is 10.0 Å². The summed E-state index contributed by atoms with van der Waals surface area (Å²) in [5.74, 6) is 0.228. The average Bonchev–Trinajstić information content (AvgIpc) is 3.10. The topological polar surface area (TPSA) is 127 Å². The highest BCUT2D eigenvalue weighted by atomic mass is 32.2. The predicted octanol–water partition coefficient (Wildman–Crippen LogP) is 4.32. The van der Waals surface area contributed by atoms with E-state index in [1.165, 1.54) is 0 Å². The van der Waals surface area contributed by atoms with Crippen LogP contribution in [-0.2, 0) is 9.84 Å². The Morgan fingerprint density at radius 2 is 1.86 bits per heavy atom. The smallest absolute Gasteiger partial charge is 0.408 e. The molecule has 0 unspecified atom stereocenters. The highest BCUT2D eigenvalue weighted by Gasteiger charge is 2.59. The van der Waals surface area contributed by atoms with Gasteiger partial charge in [-0.15, -0.1) is 0 Å². The lowest BCUT2D eigenvalue weighted by molar-refractivity contribution is 0.00521. The summed E-state index contributed by atoms with van der Waals surface area (Å²) < 4.78 is 25.3. The van der Waals surface area contributed by atoms with Crippen molar-refractivity contribution in [3.8, 4) is 17.3 Å². The van der Waals surface area contributed by atoms with Crippen molar-refractivity contribution < 1.29 is 18.3 Å². The maximum absolute atomic E-state index is 12.7. The van der Waals surface area contributed by atoms with Gasteiger partial charge in [0.1, 0.15) is 11.6 Å². The summed E-state index contributed by atoms with van der Waals surface area (Å²) in [7, 11) is -3.80. The van der Waals surface area contributed by atoms with Crippen LogP contribution in [-0.4, -0.2) is 65.4 Å². The minimum Gasteiger partial charge on any atom is -0.465 e. The molecule has 2 aliphatic rings. The quantitative estimate of drug-likeness (QED) is 0.507. The monoisotopic (exact) mass is 519 g/mol. The normalized spacial score (nSPS) is 21.8. The number of amides is 1. The largest absolute Gasteiger partial charge is 0.465 e. The van der Waals surface area contributed by atoms with Crippen molar-refractivity contribution in [2.45, 2.75) is 50.4 Å². The van der Waals surface area contributed by atoms with E-state index in [-0.39, 0.29) is 28.3 Å². The first-order chi connectivity index (χ1) is 17.4. The molecule has 2 bridgehead atoms. The van der Waals surface area contributed by atoms with Gasteiger partial charge in [-0.1, -0.05) is 57.2 Å². The van der Waals surface area contributed by atoms with E-state index in [2.05, 4.69) is 16.0 Å². The van der Waals surface area contributed by atoms with Crippen molar-refractivity contribution in [2.75, 3.05) is 24.2 Å². The molecule has 1 amide bonds. The summed E-state index contributed by atoms with van der Waals surface area (Å²) in [5.41, 5.74) is -0.0827. The molecule has 2 atom stereocenters. The zero-order chi connectivity index (χ0) is 26.8. The van der Waals surface area contributed by atoms with E-state index in [0.29, 0.717) is 31.5 Å². The molecule has 3 heterocycles. The number of nitriles is 1. The van der Waals surface area contributed by atoms with Crippen LogP contribution < -0.4 is 4.90 Å². The first-order valence-corrected chi connectivity index (χ1v) is 14.0. The van der Waals surface area contributed by atoms with Crippen molar-refractivity contribution in [2.24, 2.45) is 5.41 Å². The summed E-state index contributed by atoms with van der Waals surface area (Å²) in [6, 6.07) is 15.3. The number of hydrogen-bond donors (Lipinski definition) is 1. The van der Waals surface area contributed by atoms with Gasteiger partial charge >= 0.3 is 6.09 Å². The summed E-state index contributed by atoms with van der Waals surface area (Å²) in [6.07, 6.45) is 1.44. The predicted molar refractivity (Wildman–Crippen MR) is 140 cm³/mol. The van der Waals surface area contributed by atoms with Crippen LogP contribution in [0.5, 0.6) is 0 Å². The molecule has 1 aromatic heterocycles. The Morgan fingerprint density at radius 1 is 1.16 bits per heavy atom. The van der Waals surface area contributed by atoms with Gasteiger partial charge in [0.15, 0.2) is 5.82 Å². The lowest BCUT2D eigenvalue weighted by Gasteiger charge is -2.54. The molecule has 1 N–H and O–H groups in total. The number of rotatable bonds is 3. The molecule has 0 saturated carbocycles. The second-order valence-corrected chi connectivity index (χ2v) is 12.9. The number of anilines is 1. The second kappa shape index (κ2) is 8.42. The van der Waals surface area contributed by atoms with E-state index >= 15 is 0 Å². The Hall–Kier alpha value is -3.71. The van der Waals surface area contributed by atoms with Crippen molar-refractivity contribution in [1.29, 1.82) is 5.26 Å². The fraction of sp³-hybridized carbons (Fsp3) is 0.407. The number of nitrogens with zero attached hydrogens (tertiary/aromatic N) is 5. The minimum atomic E-state index is -3.80. The number of piperazine rings is 1. The third-order valence-electron chi connectivity index (χ3n) is 7.84. The van der Waals surface area contributed by atoms with E-state index in [1.807, 2.05) is 68.1 Å². The van der Waals surface area contributed by atoms with Crippen molar-refractivity contribution in [3.63, 3.8) is 0 Å². The number of hydrogen-bond acceptors (Lipinski definition) is 7. The Balaban J connectivity index is 1.72. The molecule has 192 valence electrons. The van der Waals surface area contributed by atoms with Gasteiger partial charge in [0, 0.05) is 24.9 Å². The van der Waals surface area contributed by atoms with E-state index in [1.54, 1.807) is 4.90 Å². The summed E-state index contributed by atoms with van der Waals surface area (Å²) in [4.78, 5) is 24.5. The molecule has 0 radical (unpaired) electrons. The van der Waals surface area contributed by atoms with Gasteiger partial charge in [-0.25, -0.2) is 18.2 Å². The maximum Gasteiger partial charge on any atom is 0.408 e. The van der Waals surface area contributed by atoms with Crippen LogP contribution in [0.1, 0.15) is 39.2 Å². The molecule has 0 aliphatic carbocycles. The summed E-state index contributed by atoms with van der Waals surface area (Å²) >= 11 is 0. The van der Waals surface area contributed by atoms with Crippen LogP contribution in [0.2, 0.25) is 0 Å². The standard InChI is InChI=1S/C27H29N5O4S/c1-26(2,3)27-12-11-20(32(27)25(33)34)15-31(16-27)23-21(14-28)22(29-24(30-23)37(4,35)36)19-10-9-17-7-5-6-8-18(17)13-19/h5-10,13,20H,11-12,15-16H2,1-4H3,(H,33,34)/t20-,27-/m0/s1. The van der Waals surface area contributed by atoms with Crippen LogP contribution in [0.4, 0.5) is 10.6 Å². The molecule has 0 spiro atoms. The Kier molecular flexibility index (Phi) is 5.68. The molecule has 2 fully saturated rings. The molecular weight excluding hydrogens is 490 g/mol. The molecule has 2 aromatic carbocycles. The summed E-state index contributed by atoms with van der Waals surface area (Å²) in [6.45, 7) is 6.66. The third-order valence-corrected chi connectivity index (χ3v) is 8.68. The molecule has 3 aromatic rings. The fourth-order valence-corrected chi connectivity index (χ4v) is 6.42. The van der Waals surface area contributed by atoms with Gasteiger partial charge in [0.05, 0.1) is 17.3 Å². The maximum atomic E-state index is 12.7. The number of fused-ring (bicyclic) bond motifs is 3. The molecule has 2 aliphatic heterocycles.